The van der Waals surface area contributed by atoms with E-state index in [2.05, 4.69) is 27.8 Å². The summed E-state index contributed by atoms with van der Waals surface area (Å²) in [5, 5.41) is 0.873. The minimum atomic E-state index is 0.0981. The zero-order valence-electron chi connectivity index (χ0n) is 11.2. The van der Waals surface area contributed by atoms with Crippen molar-refractivity contribution in [3.8, 4) is 0 Å². The summed E-state index contributed by atoms with van der Waals surface area (Å²) in [5.41, 5.74) is 0. The second-order valence-electron chi connectivity index (χ2n) is 5.59. The Bertz CT molecular complexity index is 279. The van der Waals surface area contributed by atoms with Gasteiger partial charge in [-0.1, -0.05) is 35.2 Å². The van der Waals surface area contributed by atoms with Gasteiger partial charge >= 0.3 is 0 Å². The maximum Gasteiger partial charge on any atom is 0.228 e. The predicted octanol–water partition coefficient (Wildman–Crippen LogP) is 2.97. The van der Waals surface area contributed by atoms with Crippen molar-refractivity contribution in [3.63, 3.8) is 0 Å². The Labute approximate surface area is 118 Å². The van der Waals surface area contributed by atoms with Gasteiger partial charge in [0.25, 0.3) is 0 Å². The molecular formula is C14H24BrNO2. The van der Waals surface area contributed by atoms with Crippen LogP contribution in [0.25, 0.3) is 0 Å². The number of amides is 1. The number of nitrogens with zero attached hydrogens (tertiary/aromatic N) is 1. The van der Waals surface area contributed by atoms with Crippen molar-refractivity contribution in [2.24, 2.45) is 5.92 Å². The van der Waals surface area contributed by atoms with Gasteiger partial charge in [-0.15, -0.1) is 0 Å². The highest BCUT2D eigenvalue weighted by molar-refractivity contribution is 9.09. The van der Waals surface area contributed by atoms with Crippen molar-refractivity contribution in [1.29, 1.82) is 0 Å². The average Bonchev–Trinajstić information content (AvgIpc) is 2.83. The lowest BCUT2D eigenvalue weighted by Crippen LogP contribution is -2.45. The molecule has 0 N–H and O–H groups in total. The SMILES string of the molecule is CC1CC(C(=O)N(CCBr)C2CCCCC2)CO1. The lowest BCUT2D eigenvalue weighted by Gasteiger charge is -2.35. The Balaban J connectivity index is 1.97. The van der Waals surface area contributed by atoms with Crippen LogP contribution >= 0.6 is 15.9 Å². The molecule has 1 heterocycles. The molecule has 0 bridgehead atoms. The van der Waals surface area contributed by atoms with Crippen molar-refractivity contribution >= 4 is 21.8 Å². The fourth-order valence-corrected chi connectivity index (χ4v) is 3.56. The Hall–Kier alpha value is -0.0900. The van der Waals surface area contributed by atoms with Crippen LogP contribution in [0.5, 0.6) is 0 Å². The molecule has 1 aliphatic carbocycles. The molecule has 1 saturated heterocycles. The molecule has 4 heteroatoms. The van der Waals surface area contributed by atoms with Crippen LogP contribution in [-0.4, -0.2) is 41.4 Å². The maximum absolute atomic E-state index is 12.6. The number of ether oxygens (including phenoxy) is 1. The third-order valence-corrected chi connectivity index (χ3v) is 4.53. The van der Waals surface area contributed by atoms with Gasteiger partial charge in [-0.05, 0) is 26.2 Å². The van der Waals surface area contributed by atoms with Crippen LogP contribution < -0.4 is 0 Å². The van der Waals surface area contributed by atoms with Crippen molar-refractivity contribution in [2.75, 3.05) is 18.5 Å². The van der Waals surface area contributed by atoms with Gasteiger partial charge in [-0.2, -0.15) is 0 Å². The molecule has 104 valence electrons. The number of hydrogen-bond donors (Lipinski definition) is 0. The molecule has 0 aromatic heterocycles. The summed E-state index contributed by atoms with van der Waals surface area (Å²) in [7, 11) is 0. The summed E-state index contributed by atoms with van der Waals surface area (Å²) in [6, 6.07) is 0.472. The van der Waals surface area contributed by atoms with Crippen molar-refractivity contribution in [1.82, 2.24) is 4.90 Å². The summed E-state index contributed by atoms with van der Waals surface area (Å²) in [6.45, 7) is 3.52. The number of carbonyl (C=O) groups is 1. The van der Waals surface area contributed by atoms with E-state index >= 15 is 0 Å². The molecule has 1 saturated carbocycles. The Morgan fingerprint density at radius 1 is 1.33 bits per heavy atom. The summed E-state index contributed by atoms with van der Waals surface area (Å²) in [4.78, 5) is 14.7. The lowest BCUT2D eigenvalue weighted by molar-refractivity contribution is -0.138. The van der Waals surface area contributed by atoms with E-state index in [4.69, 9.17) is 4.74 Å². The van der Waals surface area contributed by atoms with Gasteiger partial charge in [-0.25, -0.2) is 0 Å². The van der Waals surface area contributed by atoms with E-state index in [0.29, 0.717) is 18.6 Å². The zero-order chi connectivity index (χ0) is 13.0. The van der Waals surface area contributed by atoms with Crippen LogP contribution in [0.1, 0.15) is 45.4 Å². The van der Waals surface area contributed by atoms with Crippen molar-refractivity contribution < 1.29 is 9.53 Å². The highest BCUT2D eigenvalue weighted by atomic mass is 79.9. The van der Waals surface area contributed by atoms with Gasteiger partial charge in [0.15, 0.2) is 0 Å². The van der Waals surface area contributed by atoms with Crippen LogP contribution in [0.15, 0.2) is 0 Å². The Morgan fingerprint density at radius 3 is 2.61 bits per heavy atom. The molecule has 1 amide bonds. The van der Waals surface area contributed by atoms with E-state index in [0.717, 1.165) is 18.3 Å². The average molecular weight is 318 g/mol. The van der Waals surface area contributed by atoms with Crippen LogP contribution in [0.2, 0.25) is 0 Å². The molecule has 1 aliphatic heterocycles. The van der Waals surface area contributed by atoms with E-state index in [-0.39, 0.29) is 12.0 Å². The molecule has 18 heavy (non-hydrogen) atoms. The number of halogens is 1. The standard InChI is InChI=1S/C14H24BrNO2/c1-11-9-12(10-18-11)14(17)16(8-7-15)13-5-3-2-4-6-13/h11-13H,2-10H2,1H3. The number of alkyl halides is 1. The third-order valence-electron chi connectivity index (χ3n) is 4.17. The third kappa shape index (κ3) is 3.47. The first-order valence-electron chi connectivity index (χ1n) is 7.20. The largest absolute Gasteiger partial charge is 0.378 e. The quantitative estimate of drug-likeness (QED) is 0.746. The molecule has 2 rings (SSSR count). The van der Waals surface area contributed by atoms with Gasteiger partial charge < -0.3 is 9.64 Å². The number of rotatable bonds is 4. The molecule has 2 unspecified atom stereocenters. The molecule has 2 fully saturated rings. The van der Waals surface area contributed by atoms with Gasteiger partial charge in [0.1, 0.15) is 0 Å². The lowest BCUT2D eigenvalue weighted by atomic mass is 9.93. The highest BCUT2D eigenvalue weighted by Crippen LogP contribution is 2.27. The van der Waals surface area contributed by atoms with Gasteiger partial charge in [-0.3, -0.25) is 4.79 Å². The topological polar surface area (TPSA) is 29.5 Å². The first-order valence-corrected chi connectivity index (χ1v) is 8.32. The fourth-order valence-electron chi connectivity index (χ4n) is 3.18. The molecule has 2 atom stereocenters. The van der Waals surface area contributed by atoms with E-state index < -0.39 is 0 Å². The monoisotopic (exact) mass is 317 g/mol. The predicted molar refractivity (Wildman–Crippen MR) is 75.9 cm³/mol. The van der Waals surface area contributed by atoms with Crippen LogP contribution in [-0.2, 0) is 9.53 Å². The van der Waals surface area contributed by atoms with E-state index in [1.807, 2.05) is 0 Å². The molecule has 0 radical (unpaired) electrons. The Kier molecular flexibility index (Phi) is 5.49. The second kappa shape index (κ2) is 6.90. The Morgan fingerprint density at radius 2 is 2.06 bits per heavy atom. The van der Waals surface area contributed by atoms with Crippen molar-refractivity contribution in [2.45, 2.75) is 57.6 Å². The van der Waals surface area contributed by atoms with E-state index in [9.17, 15) is 4.79 Å². The summed E-state index contributed by atoms with van der Waals surface area (Å²) in [5.74, 6) is 0.423. The molecule has 3 nitrogen and oxygen atoms in total. The number of carbonyl (C=O) groups excluding carboxylic acids is 1. The molecular weight excluding hydrogens is 294 g/mol. The number of hydrogen-bond acceptors (Lipinski definition) is 2. The van der Waals surface area contributed by atoms with E-state index in [1.165, 1.54) is 32.1 Å². The van der Waals surface area contributed by atoms with Crippen LogP contribution in [0, 0.1) is 5.92 Å². The first-order chi connectivity index (χ1) is 8.72. The van der Waals surface area contributed by atoms with Crippen molar-refractivity contribution in [3.05, 3.63) is 0 Å². The summed E-state index contributed by atoms with van der Waals surface area (Å²) in [6.07, 6.45) is 7.38. The second-order valence-corrected chi connectivity index (χ2v) is 6.38. The van der Waals surface area contributed by atoms with Crippen LogP contribution in [0.4, 0.5) is 0 Å². The summed E-state index contributed by atoms with van der Waals surface area (Å²) < 4.78 is 5.54. The fraction of sp³-hybridized carbons (Fsp3) is 0.929. The maximum atomic E-state index is 12.6. The highest BCUT2D eigenvalue weighted by Gasteiger charge is 2.34. The molecule has 0 aromatic rings. The minimum absolute atomic E-state index is 0.0981. The molecule has 0 spiro atoms. The van der Waals surface area contributed by atoms with Gasteiger partial charge in [0.05, 0.1) is 18.6 Å². The van der Waals surface area contributed by atoms with E-state index in [1.54, 1.807) is 0 Å². The zero-order valence-corrected chi connectivity index (χ0v) is 12.8. The van der Waals surface area contributed by atoms with Gasteiger partial charge in [0.2, 0.25) is 5.91 Å². The molecule has 0 aromatic carbocycles. The van der Waals surface area contributed by atoms with Crippen LogP contribution in [0.3, 0.4) is 0 Å². The smallest absolute Gasteiger partial charge is 0.228 e. The minimum Gasteiger partial charge on any atom is -0.378 e. The summed E-state index contributed by atoms with van der Waals surface area (Å²) >= 11 is 3.48. The van der Waals surface area contributed by atoms with Gasteiger partial charge in [0, 0.05) is 17.9 Å². The molecule has 2 aliphatic rings. The first kappa shape index (κ1) is 14.3. The normalized spacial score (nSPS) is 29.4.